The average Bonchev–Trinajstić information content (AvgIpc) is 3.20. The molecule has 0 saturated carbocycles. The van der Waals surface area contributed by atoms with Crippen molar-refractivity contribution < 1.29 is 14.6 Å². The van der Waals surface area contributed by atoms with Crippen molar-refractivity contribution in [2.24, 2.45) is 0 Å². The molecule has 140 valence electrons. The third kappa shape index (κ3) is 4.57. The Hall–Kier alpha value is -3.04. The topological polar surface area (TPSA) is 85.6 Å². The summed E-state index contributed by atoms with van der Waals surface area (Å²) >= 11 is 0. The maximum absolute atomic E-state index is 12.9. The molecule has 1 unspecified atom stereocenters. The Morgan fingerprint density at radius 2 is 2.04 bits per heavy atom. The number of nitriles is 1. The highest BCUT2D eigenvalue weighted by atomic mass is 16.5. The van der Waals surface area contributed by atoms with Crippen molar-refractivity contribution >= 4 is 11.6 Å². The third-order valence-corrected chi connectivity index (χ3v) is 4.68. The van der Waals surface area contributed by atoms with Crippen LogP contribution in [-0.2, 0) is 0 Å². The van der Waals surface area contributed by atoms with E-state index < -0.39 is 0 Å². The van der Waals surface area contributed by atoms with Crippen LogP contribution in [0.2, 0.25) is 0 Å². The van der Waals surface area contributed by atoms with E-state index in [1.807, 2.05) is 18.2 Å². The Labute approximate surface area is 159 Å². The number of aliphatic hydroxyl groups is 1. The minimum absolute atomic E-state index is 0.000231. The van der Waals surface area contributed by atoms with Gasteiger partial charge in [0.05, 0.1) is 29.8 Å². The monoisotopic (exact) mass is 365 g/mol. The first-order chi connectivity index (χ1) is 13.2. The van der Waals surface area contributed by atoms with Gasteiger partial charge in [-0.1, -0.05) is 12.1 Å². The van der Waals surface area contributed by atoms with E-state index in [1.165, 1.54) is 0 Å². The molecule has 6 nitrogen and oxygen atoms in total. The molecule has 3 rings (SSSR count). The number of benzene rings is 2. The third-order valence-electron chi connectivity index (χ3n) is 4.68. The van der Waals surface area contributed by atoms with Gasteiger partial charge in [0.15, 0.2) is 0 Å². The largest absolute Gasteiger partial charge is 0.492 e. The Bertz CT molecular complexity index is 814. The van der Waals surface area contributed by atoms with Gasteiger partial charge in [0.1, 0.15) is 12.4 Å². The molecule has 1 amide bonds. The standard InChI is InChI=1S/C21H23N3O3/c22-14-16-7-9-18(10-8-16)27-13-11-23-20-6-2-1-5-19(20)21(26)24-12-3-4-17(24)15-25/h1-2,5-10,17,23,25H,3-4,11-13,15H2. The Morgan fingerprint density at radius 3 is 2.78 bits per heavy atom. The zero-order valence-corrected chi connectivity index (χ0v) is 15.1. The van der Waals surface area contributed by atoms with Crippen LogP contribution in [-0.4, -0.2) is 48.3 Å². The molecule has 2 aromatic carbocycles. The van der Waals surface area contributed by atoms with Gasteiger partial charge < -0.3 is 20.1 Å². The van der Waals surface area contributed by atoms with Crippen molar-refractivity contribution in [3.63, 3.8) is 0 Å². The second-order valence-electron chi connectivity index (χ2n) is 6.43. The summed E-state index contributed by atoms with van der Waals surface area (Å²) in [5.41, 5.74) is 1.96. The van der Waals surface area contributed by atoms with Crippen LogP contribution in [0.4, 0.5) is 5.69 Å². The van der Waals surface area contributed by atoms with Crippen LogP contribution in [0.1, 0.15) is 28.8 Å². The van der Waals surface area contributed by atoms with Crippen molar-refractivity contribution in [2.45, 2.75) is 18.9 Å². The molecule has 27 heavy (non-hydrogen) atoms. The number of anilines is 1. The van der Waals surface area contributed by atoms with Crippen LogP contribution >= 0.6 is 0 Å². The van der Waals surface area contributed by atoms with Crippen molar-refractivity contribution in [1.82, 2.24) is 4.90 Å². The molecule has 0 spiro atoms. The molecule has 1 fully saturated rings. The van der Waals surface area contributed by atoms with Gasteiger partial charge >= 0.3 is 0 Å². The number of ether oxygens (including phenoxy) is 1. The number of aliphatic hydroxyl groups excluding tert-OH is 1. The summed E-state index contributed by atoms with van der Waals surface area (Å²) in [4.78, 5) is 14.6. The molecule has 1 saturated heterocycles. The lowest BCUT2D eigenvalue weighted by Gasteiger charge is -2.24. The van der Waals surface area contributed by atoms with E-state index in [0.717, 1.165) is 18.5 Å². The van der Waals surface area contributed by atoms with Gasteiger partial charge in [-0.25, -0.2) is 0 Å². The Balaban J connectivity index is 1.57. The van der Waals surface area contributed by atoms with Crippen molar-refractivity contribution in [2.75, 3.05) is 31.6 Å². The van der Waals surface area contributed by atoms with Gasteiger partial charge in [-0.05, 0) is 49.2 Å². The van der Waals surface area contributed by atoms with Crippen molar-refractivity contribution in [3.05, 3.63) is 59.7 Å². The molecule has 1 aliphatic heterocycles. The van der Waals surface area contributed by atoms with Gasteiger partial charge in [0.25, 0.3) is 5.91 Å². The fraction of sp³-hybridized carbons (Fsp3) is 0.333. The quantitative estimate of drug-likeness (QED) is 0.737. The molecule has 0 radical (unpaired) electrons. The molecule has 2 aromatic rings. The Kier molecular flexibility index (Phi) is 6.29. The van der Waals surface area contributed by atoms with Crippen LogP contribution in [0.25, 0.3) is 0 Å². The minimum Gasteiger partial charge on any atom is -0.492 e. The predicted molar refractivity (Wildman–Crippen MR) is 103 cm³/mol. The molecule has 1 aliphatic rings. The number of likely N-dealkylation sites (tertiary alicyclic amines) is 1. The van der Waals surface area contributed by atoms with E-state index in [9.17, 15) is 9.90 Å². The maximum Gasteiger partial charge on any atom is 0.256 e. The number of nitrogens with one attached hydrogen (secondary N) is 1. The number of nitrogens with zero attached hydrogens (tertiary/aromatic N) is 2. The zero-order chi connectivity index (χ0) is 19.1. The van der Waals surface area contributed by atoms with Gasteiger partial charge in [0, 0.05) is 18.8 Å². The summed E-state index contributed by atoms with van der Waals surface area (Å²) in [6.07, 6.45) is 1.77. The van der Waals surface area contributed by atoms with E-state index in [4.69, 9.17) is 10.00 Å². The molecule has 0 aromatic heterocycles. The average molecular weight is 365 g/mol. The molecule has 0 aliphatic carbocycles. The van der Waals surface area contributed by atoms with Crippen molar-refractivity contribution in [1.29, 1.82) is 5.26 Å². The summed E-state index contributed by atoms with van der Waals surface area (Å²) in [6.45, 7) is 1.64. The van der Waals surface area contributed by atoms with Gasteiger partial charge in [-0.3, -0.25) is 4.79 Å². The molecule has 1 atom stereocenters. The van der Waals surface area contributed by atoms with Crippen LogP contribution in [0.15, 0.2) is 48.5 Å². The number of hydrogen-bond acceptors (Lipinski definition) is 5. The van der Waals surface area contributed by atoms with Crippen LogP contribution < -0.4 is 10.1 Å². The van der Waals surface area contributed by atoms with E-state index >= 15 is 0 Å². The highest BCUT2D eigenvalue weighted by molar-refractivity contribution is 5.99. The summed E-state index contributed by atoms with van der Waals surface area (Å²) in [5, 5.41) is 21.5. The summed E-state index contributed by atoms with van der Waals surface area (Å²) < 4.78 is 5.66. The number of carbonyl (C=O) groups excluding carboxylic acids is 1. The van der Waals surface area contributed by atoms with Gasteiger partial charge in [-0.2, -0.15) is 5.26 Å². The van der Waals surface area contributed by atoms with Crippen LogP contribution in [0.3, 0.4) is 0 Å². The first kappa shape index (κ1) is 18.7. The predicted octanol–water partition coefficient (Wildman–Crippen LogP) is 2.65. The van der Waals surface area contributed by atoms with E-state index in [1.54, 1.807) is 35.2 Å². The fourth-order valence-electron chi connectivity index (χ4n) is 3.25. The Morgan fingerprint density at radius 1 is 1.26 bits per heavy atom. The van der Waals surface area contributed by atoms with E-state index in [2.05, 4.69) is 11.4 Å². The maximum atomic E-state index is 12.9. The first-order valence-corrected chi connectivity index (χ1v) is 9.10. The normalized spacial score (nSPS) is 16.0. The van der Waals surface area contributed by atoms with Crippen LogP contribution in [0.5, 0.6) is 5.75 Å². The number of para-hydroxylation sites is 1. The lowest BCUT2D eigenvalue weighted by molar-refractivity contribution is 0.0678. The van der Waals surface area contributed by atoms with Crippen LogP contribution in [0, 0.1) is 11.3 Å². The number of carbonyl (C=O) groups is 1. The molecular formula is C21H23N3O3. The number of amides is 1. The molecule has 0 bridgehead atoms. The lowest BCUT2D eigenvalue weighted by Crippen LogP contribution is -2.38. The molecule has 1 heterocycles. The first-order valence-electron chi connectivity index (χ1n) is 9.10. The number of rotatable bonds is 7. The van der Waals surface area contributed by atoms with E-state index in [-0.39, 0.29) is 18.6 Å². The van der Waals surface area contributed by atoms with Gasteiger partial charge in [0.2, 0.25) is 0 Å². The highest BCUT2D eigenvalue weighted by Gasteiger charge is 2.29. The second kappa shape index (κ2) is 9.06. The lowest BCUT2D eigenvalue weighted by atomic mass is 10.1. The van der Waals surface area contributed by atoms with Gasteiger partial charge in [-0.15, -0.1) is 0 Å². The molecule has 6 heteroatoms. The SMILES string of the molecule is N#Cc1ccc(OCCNc2ccccc2C(=O)N2CCCC2CO)cc1. The van der Waals surface area contributed by atoms with Crippen molar-refractivity contribution in [3.8, 4) is 11.8 Å². The molecule has 2 N–H and O–H groups in total. The van der Waals surface area contributed by atoms with E-state index in [0.29, 0.717) is 36.6 Å². The molecular weight excluding hydrogens is 342 g/mol. The highest BCUT2D eigenvalue weighted by Crippen LogP contribution is 2.23. The summed E-state index contributed by atoms with van der Waals surface area (Å²) in [5.74, 6) is 0.644. The summed E-state index contributed by atoms with van der Waals surface area (Å²) in [7, 11) is 0. The number of hydrogen-bond donors (Lipinski definition) is 2. The summed E-state index contributed by atoms with van der Waals surface area (Å²) in [6, 6.07) is 16.3. The minimum atomic E-state index is -0.0923. The fourth-order valence-corrected chi connectivity index (χ4v) is 3.25. The smallest absolute Gasteiger partial charge is 0.256 e. The zero-order valence-electron chi connectivity index (χ0n) is 15.1. The second-order valence-corrected chi connectivity index (χ2v) is 6.43.